The number of carbonyl (C=O) groups excluding carboxylic acids is 2. The Morgan fingerprint density at radius 1 is 1.07 bits per heavy atom. The maximum Gasteiger partial charge on any atom is 0.313 e. The van der Waals surface area contributed by atoms with Crippen molar-refractivity contribution < 1.29 is 14.3 Å². The van der Waals surface area contributed by atoms with E-state index in [0.29, 0.717) is 22.9 Å². The van der Waals surface area contributed by atoms with Gasteiger partial charge in [-0.1, -0.05) is 36.7 Å². The summed E-state index contributed by atoms with van der Waals surface area (Å²) in [6.07, 6.45) is 5.33. The summed E-state index contributed by atoms with van der Waals surface area (Å²) in [7, 11) is 1.51. The number of carbonyl (C=O) groups is 2. The summed E-state index contributed by atoms with van der Waals surface area (Å²) < 4.78 is 5.08. The zero-order valence-electron chi connectivity index (χ0n) is 16.2. The molecule has 2 aromatic rings. The van der Waals surface area contributed by atoms with Crippen molar-refractivity contribution in [1.29, 1.82) is 0 Å². The molecular weight excluding hydrogens is 376 g/mol. The zero-order chi connectivity index (χ0) is 20.1. The third-order valence-electron chi connectivity index (χ3n) is 5.10. The van der Waals surface area contributed by atoms with E-state index in [4.69, 9.17) is 16.3 Å². The zero-order valence-corrected chi connectivity index (χ0v) is 16.9. The van der Waals surface area contributed by atoms with Crippen LogP contribution in [0, 0.1) is 0 Å². The van der Waals surface area contributed by atoms with Gasteiger partial charge in [-0.25, -0.2) is 0 Å². The van der Waals surface area contributed by atoms with Crippen molar-refractivity contribution >= 4 is 29.1 Å². The molecule has 3 rings (SSSR count). The molecule has 2 aromatic carbocycles. The first-order valence-electron chi connectivity index (χ1n) is 9.59. The van der Waals surface area contributed by atoms with Gasteiger partial charge in [0, 0.05) is 5.69 Å². The van der Waals surface area contributed by atoms with Crippen molar-refractivity contribution in [1.82, 2.24) is 5.32 Å². The van der Waals surface area contributed by atoms with E-state index >= 15 is 0 Å². The van der Waals surface area contributed by atoms with Crippen molar-refractivity contribution in [2.24, 2.45) is 0 Å². The van der Waals surface area contributed by atoms with Crippen molar-refractivity contribution in [3.63, 3.8) is 0 Å². The summed E-state index contributed by atoms with van der Waals surface area (Å²) in [6.45, 7) is 1.99. The Bertz CT molecular complexity index is 882. The summed E-state index contributed by atoms with van der Waals surface area (Å²) in [5, 5.41) is 5.77. The highest BCUT2D eigenvalue weighted by Crippen LogP contribution is 2.28. The van der Waals surface area contributed by atoms with E-state index in [9.17, 15) is 9.59 Å². The lowest BCUT2D eigenvalue weighted by molar-refractivity contribution is -0.136. The number of nitrogens with one attached hydrogen (secondary N) is 2. The van der Waals surface area contributed by atoms with E-state index in [0.717, 1.165) is 18.4 Å². The van der Waals surface area contributed by atoms with E-state index in [1.165, 1.54) is 31.1 Å². The van der Waals surface area contributed by atoms with Crippen molar-refractivity contribution in [3.05, 3.63) is 58.1 Å². The number of anilines is 1. The van der Waals surface area contributed by atoms with Crippen LogP contribution in [0.4, 0.5) is 5.69 Å². The molecule has 1 atom stereocenters. The minimum Gasteiger partial charge on any atom is -0.495 e. The maximum absolute atomic E-state index is 12.4. The predicted octanol–water partition coefficient (Wildman–Crippen LogP) is 4.43. The summed E-state index contributed by atoms with van der Waals surface area (Å²) in [5.41, 5.74) is 4.23. The minimum atomic E-state index is -0.724. The standard InChI is InChI=1S/C22H25ClN2O3/c1-3-19(16-9-8-14-6-4-5-7-15(14)12-16)25-22(27)21(26)24-17-10-11-20(28-2)18(23)13-17/h8-13,19H,3-7H2,1-2H3,(H,24,26)(H,25,27). The molecule has 2 amide bonds. The van der Waals surface area contributed by atoms with Crippen LogP contribution in [0.25, 0.3) is 0 Å². The molecule has 6 heteroatoms. The molecule has 2 N–H and O–H groups in total. The molecule has 0 bridgehead atoms. The first kappa shape index (κ1) is 20.2. The van der Waals surface area contributed by atoms with Crippen LogP contribution >= 0.6 is 11.6 Å². The minimum absolute atomic E-state index is 0.204. The van der Waals surface area contributed by atoms with Gasteiger partial charge in [-0.05, 0) is 67.0 Å². The van der Waals surface area contributed by atoms with Crippen LogP contribution in [0.1, 0.15) is 48.9 Å². The van der Waals surface area contributed by atoms with Crippen molar-refractivity contribution in [2.45, 2.75) is 45.1 Å². The Morgan fingerprint density at radius 2 is 1.82 bits per heavy atom. The summed E-state index contributed by atoms with van der Waals surface area (Å²) in [6, 6.07) is 11.0. The monoisotopic (exact) mass is 400 g/mol. The number of fused-ring (bicyclic) bond motifs is 1. The van der Waals surface area contributed by atoms with Gasteiger partial charge in [-0.15, -0.1) is 0 Å². The number of rotatable bonds is 5. The average Bonchev–Trinajstić information content (AvgIpc) is 2.71. The van der Waals surface area contributed by atoms with Crippen LogP contribution in [0.15, 0.2) is 36.4 Å². The van der Waals surface area contributed by atoms with Crippen molar-refractivity contribution in [3.8, 4) is 5.75 Å². The van der Waals surface area contributed by atoms with Crippen LogP contribution in [-0.2, 0) is 22.4 Å². The number of hydrogen-bond donors (Lipinski definition) is 2. The topological polar surface area (TPSA) is 67.4 Å². The largest absolute Gasteiger partial charge is 0.495 e. The molecule has 0 spiro atoms. The second kappa shape index (κ2) is 9.11. The van der Waals surface area contributed by atoms with E-state index in [2.05, 4.69) is 28.8 Å². The lowest BCUT2D eigenvalue weighted by Crippen LogP contribution is -2.37. The van der Waals surface area contributed by atoms with Crippen LogP contribution in [-0.4, -0.2) is 18.9 Å². The smallest absolute Gasteiger partial charge is 0.313 e. The number of ether oxygens (including phenoxy) is 1. The molecule has 5 nitrogen and oxygen atoms in total. The third-order valence-corrected chi connectivity index (χ3v) is 5.40. The fraction of sp³-hybridized carbons (Fsp3) is 0.364. The van der Waals surface area contributed by atoms with Crippen LogP contribution < -0.4 is 15.4 Å². The molecule has 0 fully saturated rings. The van der Waals surface area contributed by atoms with Crippen LogP contribution in [0.5, 0.6) is 5.75 Å². The number of halogens is 1. The first-order valence-corrected chi connectivity index (χ1v) is 9.96. The van der Waals surface area contributed by atoms with Gasteiger partial charge in [0.1, 0.15) is 5.75 Å². The summed E-state index contributed by atoms with van der Waals surface area (Å²) in [5.74, 6) is -0.892. The highest BCUT2D eigenvalue weighted by atomic mass is 35.5. The second-order valence-electron chi connectivity index (χ2n) is 6.97. The van der Waals surface area contributed by atoms with Crippen LogP contribution in [0.3, 0.4) is 0 Å². The number of hydrogen-bond acceptors (Lipinski definition) is 3. The predicted molar refractivity (Wildman–Crippen MR) is 111 cm³/mol. The average molecular weight is 401 g/mol. The normalized spacial score (nSPS) is 14.0. The fourth-order valence-electron chi connectivity index (χ4n) is 3.55. The molecule has 148 valence electrons. The van der Waals surface area contributed by atoms with Gasteiger partial charge in [0.2, 0.25) is 0 Å². The van der Waals surface area contributed by atoms with Gasteiger partial charge in [0.15, 0.2) is 0 Å². The molecule has 28 heavy (non-hydrogen) atoms. The van der Waals surface area contributed by atoms with E-state index < -0.39 is 11.8 Å². The molecule has 1 aliphatic rings. The molecule has 0 radical (unpaired) electrons. The molecule has 1 aliphatic carbocycles. The van der Waals surface area contributed by atoms with E-state index in [1.807, 2.05) is 6.92 Å². The van der Waals surface area contributed by atoms with Gasteiger partial charge in [0.05, 0.1) is 18.2 Å². The Labute approximate surface area is 170 Å². The molecule has 0 aliphatic heterocycles. The Balaban J connectivity index is 1.66. The molecule has 0 heterocycles. The highest BCUT2D eigenvalue weighted by Gasteiger charge is 2.20. The van der Waals surface area contributed by atoms with Crippen LogP contribution in [0.2, 0.25) is 5.02 Å². The molecule has 0 saturated carbocycles. The number of benzene rings is 2. The quantitative estimate of drug-likeness (QED) is 0.729. The van der Waals surface area contributed by atoms with Crippen molar-refractivity contribution in [2.75, 3.05) is 12.4 Å². The number of aryl methyl sites for hydroxylation is 2. The Hall–Kier alpha value is -2.53. The second-order valence-corrected chi connectivity index (χ2v) is 7.38. The molecular formula is C22H25ClN2O3. The van der Waals surface area contributed by atoms with Gasteiger partial charge in [0.25, 0.3) is 0 Å². The molecule has 1 unspecified atom stereocenters. The van der Waals surface area contributed by atoms with Gasteiger partial charge >= 0.3 is 11.8 Å². The fourth-order valence-corrected chi connectivity index (χ4v) is 3.80. The van der Waals surface area contributed by atoms with E-state index in [-0.39, 0.29) is 6.04 Å². The van der Waals surface area contributed by atoms with E-state index in [1.54, 1.807) is 18.2 Å². The lowest BCUT2D eigenvalue weighted by Gasteiger charge is -2.21. The lowest BCUT2D eigenvalue weighted by atomic mass is 9.89. The summed E-state index contributed by atoms with van der Waals surface area (Å²) in [4.78, 5) is 24.7. The van der Waals surface area contributed by atoms with Gasteiger partial charge in [-0.3, -0.25) is 9.59 Å². The third kappa shape index (κ3) is 4.65. The Morgan fingerprint density at radius 3 is 2.50 bits per heavy atom. The van der Waals surface area contributed by atoms with Gasteiger partial charge < -0.3 is 15.4 Å². The van der Waals surface area contributed by atoms with Gasteiger partial charge in [-0.2, -0.15) is 0 Å². The SMILES string of the molecule is CCC(NC(=O)C(=O)Nc1ccc(OC)c(Cl)c1)c1ccc2c(c1)CCCC2. The molecule has 0 aromatic heterocycles. The first-order chi connectivity index (χ1) is 13.5. The highest BCUT2D eigenvalue weighted by molar-refractivity contribution is 6.40. The number of methoxy groups -OCH3 is 1. The Kier molecular flexibility index (Phi) is 6.57. The molecule has 0 saturated heterocycles. The summed E-state index contributed by atoms with van der Waals surface area (Å²) >= 11 is 6.06. The maximum atomic E-state index is 12.4. The number of amides is 2.